The third-order valence-electron chi connectivity index (χ3n) is 7.85. The molecule has 228 valence electrons. The van der Waals surface area contributed by atoms with Gasteiger partial charge in [0, 0.05) is 48.5 Å². The molecule has 1 aromatic heterocycles. The van der Waals surface area contributed by atoms with Crippen molar-refractivity contribution in [1.82, 2.24) is 10.3 Å². The molecule has 0 bridgehead atoms. The van der Waals surface area contributed by atoms with Crippen molar-refractivity contribution in [3.8, 4) is 5.75 Å². The molecule has 1 aliphatic rings. The Bertz CT molecular complexity index is 1720. The van der Waals surface area contributed by atoms with Crippen molar-refractivity contribution in [3.63, 3.8) is 0 Å². The smallest absolute Gasteiger partial charge is 0.246 e. The predicted octanol–water partition coefficient (Wildman–Crippen LogP) is 6.08. The van der Waals surface area contributed by atoms with Crippen LogP contribution in [0.25, 0.3) is 17.0 Å². The van der Waals surface area contributed by atoms with Crippen molar-refractivity contribution in [2.75, 3.05) is 29.9 Å². The summed E-state index contributed by atoms with van der Waals surface area (Å²) in [5, 5.41) is 3.69. The van der Waals surface area contributed by atoms with E-state index in [-0.39, 0.29) is 36.7 Å². The molecular weight excluding hydrogens is 576 g/mol. The Kier molecular flexibility index (Phi) is 10.4. The highest BCUT2D eigenvalue weighted by molar-refractivity contribution is 5.99. The summed E-state index contributed by atoms with van der Waals surface area (Å²) in [4.78, 5) is 45.4. The van der Waals surface area contributed by atoms with Crippen LogP contribution in [0.2, 0.25) is 0 Å². The number of ether oxygens (including phenoxy) is 1. The number of rotatable bonds is 9. The number of likely N-dealkylation sites (N-methyl/N-ethyl adjacent to an activating group) is 1. The summed E-state index contributed by atoms with van der Waals surface area (Å²) < 4.78 is 6.25. The predicted molar refractivity (Wildman–Crippen MR) is 177 cm³/mol. The molecule has 0 radical (unpaired) electrons. The fraction of sp³-hybridized carbons (Fsp3) is 0.257. The van der Waals surface area contributed by atoms with E-state index >= 15 is 0 Å². The zero-order valence-electron chi connectivity index (χ0n) is 25.4. The van der Waals surface area contributed by atoms with Crippen LogP contribution >= 0.6 is 12.4 Å². The maximum absolute atomic E-state index is 13.0. The number of carbonyl (C=O) groups excluding carboxylic acids is 3. The second kappa shape index (κ2) is 14.2. The van der Waals surface area contributed by atoms with E-state index in [2.05, 4.69) is 10.3 Å². The maximum Gasteiger partial charge on any atom is 0.246 e. The van der Waals surface area contributed by atoms with Gasteiger partial charge in [0.25, 0.3) is 0 Å². The number of benzene rings is 3. The summed E-state index contributed by atoms with van der Waals surface area (Å²) in [6.45, 7) is 6.88. The molecule has 2 heterocycles. The number of aromatic nitrogens is 1. The number of anilines is 2. The van der Waals surface area contributed by atoms with Crippen molar-refractivity contribution in [3.05, 3.63) is 101 Å². The molecule has 0 saturated carbocycles. The van der Waals surface area contributed by atoms with E-state index in [1.165, 1.54) is 6.08 Å². The Morgan fingerprint density at radius 1 is 1.02 bits per heavy atom. The van der Waals surface area contributed by atoms with Crippen molar-refractivity contribution in [2.24, 2.45) is 0 Å². The quantitative estimate of drug-likeness (QED) is 0.231. The molecule has 5 rings (SSSR count). The van der Waals surface area contributed by atoms with E-state index in [0.717, 1.165) is 63.2 Å². The molecule has 1 fully saturated rings. The molecule has 3 amide bonds. The third-order valence-corrected chi connectivity index (χ3v) is 7.85. The lowest BCUT2D eigenvalue weighted by molar-refractivity contribution is -0.122. The summed E-state index contributed by atoms with van der Waals surface area (Å²) in [6.07, 6.45) is 4.54. The molecule has 0 unspecified atom stereocenters. The first-order chi connectivity index (χ1) is 20.7. The minimum absolute atomic E-state index is 0. The van der Waals surface area contributed by atoms with E-state index in [1.54, 1.807) is 22.9 Å². The summed E-state index contributed by atoms with van der Waals surface area (Å²) in [5.41, 5.74) is 7.17. The molecule has 3 aromatic carbocycles. The standard InChI is InChI=1S/C35H36N4O4.ClH/c1-23-10-18-30(25(3)29(23)22-43-31-8-5-7-27-15-11-24(2)37-35(27)31)38(4)34(42)21-36-32(40)19-14-26-12-16-28(17-13-26)39-20-6-9-33(39)41;/h5,7-8,10-19H,6,9,20-22H2,1-4H3,(H,36,40);1H/b19-14+;. The average molecular weight is 613 g/mol. The number of carbonyl (C=O) groups is 3. The number of pyridine rings is 1. The zero-order valence-corrected chi connectivity index (χ0v) is 26.2. The number of nitrogens with one attached hydrogen (secondary N) is 1. The number of aryl methyl sites for hydroxylation is 2. The fourth-order valence-electron chi connectivity index (χ4n) is 5.28. The van der Waals surface area contributed by atoms with Crippen molar-refractivity contribution in [2.45, 2.75) is 40.2 Å². The number of para-hydroxylation sites is 1. The fourth-order valence-corrected chi connectivity index (χ4v) is 5.28. The van der Waals surface area contributed by atoms with Gasteiger partial charge in [0.15, 0.2) is 0 Å². The lowest BCUT2D eigenvalue weighted by Gasteiger charge is -2.23. The molecule has 0 atom stereocenters. The zero-order chi connectivity index (χ0) is 30.5. The first-order valence-corrected chi connectivity index (χ1v) is 14.4. The molecule has 1 N–H and O–H groups in total. The minimum Gasteiger partial charge on any atom is -0.487 e. The molecule has 1 aliphatic heterocycles. The topological polar surface area (TPSA) is 91.8 Å². The largest absolute Gasteiger partial charge is 0.487 e. The van der Waals surface area contributed by atoms with Gasteiger partial charge in [-0.2, -0.15) is 0 Å². The van der Waals surface area contributed by atoms with E-state index < -0.39 is 0 Å². The van der Waals surface area contributed by atoms with Crippen LogP contribution in [-0.4, -0.2) is 42.8 Å². The van der Waals surface area contributed by atoms with Crippen LogP contribution < -0.4 is 19.9 Å². The number of hydrogen-bond donors (Lipinski definition) is 1. The van der Waals surface area contributed by atoms with E-state index in [1.807, 2.05) is 87.5 Å². The number of halogens is 1. The Balaban J connectivity index is 0.00000442. The molecule has 9 heteroatoms. The molecule has 1 saturated heterocycles. The Hall–Kier alpha value is -4.69. The first-order valence-electron chi connectivity index (χ1n) is 14.4. The van der Waals surface area contributed by atoms with Gasteiger partial charge in [-0.15, -0.1) is 12.4 Å². The van der Waals surface area contributed by atoms with Gasteiger partial charge in [0.2, 0.25) is 17.7 Å². The second-order valence-corrected chi connectivity index (χ2v) is 10.8. The van der Waals surface area contributed by atoms with Gasteiger partial charge in [-0.05, 0) is 85.9 Å². The number of hydrogen-bond acceptors (Lipinski definition) is 5. The lowest BCUT2D eigenvalue weighted by Crippen LogP contribution is -2.38. The van der Waals surface area contributed by atoms with Gasteiger partial charge in [-0.3, -0.25) is 14.4 Å². The SMILES string of the molecule is Cc1ccc2cccc(OCc3c(C)ccc(N(C)C(=O)CNC(=O)/C=C/c4ccc(N5CCCC5=O)cc4)c3C)c2n1.Cl. The van der Waals surface area contributed by atoms with Crippen LogP contribution in [-0.2, 0) is 21.0 Å². The third kappa shape index (κ3) is 7.26. The van der Waals surface area contributed by atoms with Gasteiger partial charge >= 0.3 is 0 Å². The van der Waals surface area contributed by atoms with Crippen LogP contribution in [0, 0.1) is 20.8 Å². The van der Waals surface area contributed by atoms with Gasteiger partial charge in [0.05, 0.1) is 6.54 Å². The van der Waals surface area contributed by atoms with E-state index in [0.29, 0.717) is 18.8 Å². The highest BCUT2D eigenvalue weighted by atomic mass is 35.5. The minimum atomic E-state index is -0.366. The first kappa shape index (κ1) is 32.2. The van der Waals surface area contributed by atoms with Crippen molar-refractivity contribution >= 4 is 58.5 Å². The number of nitrogens with zero attached hydrogens (tertiary/aromatic N) is 3. The van der Waals surface area contributed by atoms with E-state index in [4.69, 9.17) is 4.74 Å². The number of amides is 3. The van der Waals surface area contributed by atoms with Gasteiger partial charge in [-0.25, -0.2) is 4.98 Å². The lowest BCUT2D eigenvalue weighted by atomic mass is 10.0. The van der Waals surface area contributed by atoms with Crippen LogP contribution in [0.15, 0.2) is 72.8 Å². The van der Waals surface area contributed by atoms with Gasteiger partial charge < -0.3 is 19.9 Å². The van der Waals surface area contributed by atoms with E-state index in [9.17, 15) is 14.4 Å². The van der Waals surface area contributed by atoms with Gasteiger partial charge in [-0.1, -0.05) is 36.4 Å². The Morgan fingerprint density at radius 2 is 1.80 bits per heavy atom. The second-order valence-electron chi connectivity index (χ2n) is 10.8. The summed E-state index contributed by atoms with van der Waals surface area (Å²) in [5.74, 6) is 0.239. The summed E-state index contributed by atoms with van der Waals surface area (Å²) in [7, 11) is 1.71. The molecule has 0 spiro atoms. The monoisotopic (exact) mass is 612 g/mol. The molecule has 0 aliphatic carbocycles. The maximum atomic E-state index is 13.0. The van der Waals surface area contributed by atoms with Crippen LogP contribution in [0.5, 0.6) is 5.75 Å². The molecule has 4 aromatic rings. The Labute approximate surface area is 264 Å². The van der Waals surface area contributed by atoms with Crippen molar-refractivity contribution in [1.29, 1.82) is 0 Å². The molecule has 8 nitrogen and oxygen atoms in total. The Morgan fingerprint density at radius 3 is 2.52 bits per heavy atom. The highest BCUT2D eigenvalue weighted by Crippen LogP contribution is 2.29. The summed E-state index contributed by atoms with van der Waals surface area (Å²) >= 11 is 0. The van der Waals surface area contributed by atoms with Crippen LogP contribution in [0.3, 0.4) is 0 Å². The highest BCUT2D eigenvalue weighted by Gasteiger charge is 2.21. The summed E-state index contributed by atoms with van der Waals surface area (Å²) in [6, 6.07) is 21.3. The number of fused-ring (bicyclic) bond motifs is 1. The van der Waals surface area contributed by atoms with Crippen LogP contribution in [0.4, 0.5) is 11.4 Å². The van der Waals surface area contributed by atoms with Crippen LogP contribution in [0.1, 0.15) is 40.8 Å². The normalized spacial score (nSPS) is 12.8. The van der Waals surface area contributed by atoms with Crippen molar-refractivity contribution < 1.29 is 19.1 Å². The average Bonchev–Trinajstić information content (AvgIpc) is 3.44. The van der Waals surface area contributed by atoms with Gasteiger partial charge in [0.1, 0.15) is 17.9 Å². The molecule has 44 heavy (non-hydrogen) atoms. The molecular formula is C35H37ClN4O4.